The summed E-state index contributed by atoms with van der Waals surface area (Å²) in [5.74, 6) is 0.999. The Morgan fingerprint density at radius 1 is 1.38 bits per heavy atom. The fourth-order valence-corrected chi connectivity index (χ4v) is 2.62. The molecule has 0 aromatic carbocycles. The molecule has 1 N–H and O–H groups in total. The van der Waals surface area contributed by atoms with Gasteiger partial charge >= 0.3 is 0 Å². The highest BCUT2D eigenvalue weighted by molar-refractivity contribution is 7.13. The van der Waals surface area contributed by atoms with E-state index >= 15 is 0 Å². The molecule has 0 saturated carbocycles. The molecule has 0 spiro atoms. The minimum absolute atomic E-state index is 0. The van der Waals surface area contributed by atoms with Gasteiger partial charge in [0.05, 0.1) is 0 Å². The van der Waals surface area contributed by atoms with Crippen molar-refractivity contribution in [2.24, 2.45) is 0 Å². The summed E-state index contributed by atoms with van der Waals surface area (Å²) in [7, 11) is 0. The molecule has 3 heterocycles. The fraction of sp³-hybridized carbons (Fsp3) is 0.400. The zero-order valence-electron chi connectivity index (χ0n) is 8.67. The van der Waals surface area contributed by atoms with Crippen LogP contribution in [-0.4, -0.2) is 27.6 Å². The van der Waals surface area contributed by atoms with Gasteiger partial charge in [-0.1, -0.05) is 0 Å². The topological polar surface area (TPSA) is 42.7 Å². The van der Waals surface area contributed by atoms with Gasteiger partial charge in [-0.05, 0) is 13.0 Å². The van der Waals surface area contributed by atoms with Gasteiger partial charge in [-0.3, -0.25) is 0 Å². The van der Waals surface area contributed by atoms with Crippen LogP contribution in [0.15, 0.2) is 24.0 Å². The van der Waals surface area contributed by atoms with E-state index in [1.165, 1.54) is 6.42 Å². The van der Waals surface area contributed by atoms with E-state index in [0.717, 1.165) is 23.9 Å². The van der Waals surface area contributed by atoms with Gasteiger partial charge in [-0.15, -0.1) is 23.7 Å². The lowest BCUT2D eigenvalue weighted by molar-refractivity contribution is 0.552. The van der Waals surface area contributed by atoms with Gasteiger partial charge in [0.1, 0.15) is 0 Å². The Bertz CT molecular complexity index is 433. The van der Waals surface area contributed by atoms with Crippen molar-refractivity contribution in [3.8, 4) is 10.8 Å². The number of halogens is 1. The van der Waals surface area contributed by atoms with Crippen LogP contribution in [0.2, 0.25) is 0 Å². The van der Waals surface area contributed by atoms with Crippen LogP contribution in [0.5, 0.6) is 0 Å². The molecule has 6 heteroatoms. The van der Waals surface area contributed by atoms with Crippen LogP contribution < -0.4 is 5.32 Å². The smallest absolute Gasteiger partial charge is 0.169 e. The maximum absolute atomic E-state index is 4.39. The number of nitrogens with one attached hydrogen (secondary N) is 1. The second-order valence-electron chi connectivity index (χ2n) is 3.64. The van der Waals surface area contributed by atoms with E-state index in [1.54, 1.807) is 11.3 Å². The summed E-state index contributed by atoms with van der Waals surface area (Å²) in [5.41, 5.74) is 0. The Morgan fingerprint density at radius 2 is 2.31 bits per heavy atom. The van der Waals surface area contributed by atoms with Crippen LogP contribution in [0, 0.1) is 0 Å². The maximum atomic E-state index is 4.39. The molecule has 1 aliphatic rings. The lowest BCUT2D eigenvalue weighted by Crippen LogP contribution is -2.13. The number of hydrogen-bond donors (Lipinski definition) is 1. The first-order chi connectivity index (χ1) is 7.45. The first-order valence-corrected chi connectivity index (χ1v) is 5.96. The molecule has 2 aromatic heterocycles. The Labute approximate surface area is 104 Å². The Morgan fingerprint density at radius 3 is 3.00 bits per heavy atom. The summed E-state index contributed by atoms with van der Waals surface area (Å²) < 4.78 is 2.23. The van der Waals surface area contributed by atoms with Crippen molar-refractivity contribution in [1.29, 1.82) is 0 Å². The van der Waals surface area contributed by atoms with Gasteiger partial charge in [-0.2, -0.15) is 0 Å². The first kappa shape index (κ1) is 11.6. The van der Waals surface area contributed by atoms with Gasteiger partial charge in [-0.25, -0.2) is 9.97 Å². The molecular formula is C10H13ClN4S. The average Bonchev–Trinajstić information content (AvgIpc) is 3.01. The number of hydrogen-bond acceptors (Lipinski definition) is 4. The minimum Gasteiger partial charge on any atom is -0.325 e. The molecule has 0 bridgehead atoms. The zero-order valence-corrected chi connectivity index (χ0v) is 10.3. The summed E-state index contributed by atoms with van der Waals surface area (Å²) in [4.78, 5) is 8.69. The van der Waals surface area contributed by atoms with E-state index in [9.17, 15) is 0 Å². The second-order valence-corrected chi connectivity index (χ2v) is 4.54. The first-order valence-electron chi connectivity index (χ1n) is 5.08. The lowest BCUT2D eigenvalue weighted by Gasteiger charge is -2.12. The molecule has 0 unspecified atom stereocenters. The van der Waals surface area contributed by atoms with Crippen molar-refractivity contribution >= 4 is 23.7 Å². The van der Waals surface area contributed by atoms with Crippen molar-refractivity contribution in [1.82, 2.24) is 19.9 Å². The molecule has 0 amide bonds. The highest BCUT2D eigenvalue weighted by atomic mass is 35.5. The minimum atomic E-state index is 0. The molecule has 16 heavy (non-hydrogen) atoms. The van der Waals surface area contributed by atoms with Crippen molar-refractivity contribution < 1.29 is 0 Å². The molecule has 1 fully saturated rings. The number of thiazole rings is 1. The summed E-state index contributed by atoms with van der Waals surface area (Å²) >= 11 is 1.64. The third kappa shape index (κ3) is 1.98. The Balaban J connectivity index is 0.000000963. The van der Waals surface area contributed by atoms with Gasteiger partial charge in [0.25, 0.3) is 0 Å². The number of nitrogens with zero attached hydrogens (tertiary/aromatic N) is 3. The monoisotopic (exact) mass is 256 g/mol. The third-order valence-electron chi connectivity index (χ3n) is 2.72. The van der Waals surface area contributed by atoms with Gasteiger partial charge in [0, 0.05) is 36.6 Å². The Hall–Kier alpha value is -0.910. The quantitative estimate of drug-likeness (QED) is 0.893. The predicted molar refractivity (Wildman–Crippen MR) is 67.1 cm³/mol. The molecule has 3 rings (SSSR count). The van der Waals surface area contributed by atoms with Crippen LogP contribution in [0.1, 0.15) is 12.5 Å². The van der Waals surface area contributed by atoms with Gasteiger partial charge in [0.2, 0.25) is 0 Å². The molecule has 2 aromatic rings. The maximum Gasteiger partial charge on any atom is 0.169 e. The number of rotatable bonds is 2. The van der Waals surface area contributed by atoms with E-state index < -0.39 is 0 Å². The normalized spacial score (nSPS) is 19.6. The lowest BCUT2D eigenvalue weighted by atomic mass is 10.2. The standard InChI is InChI=1S/C10H12N4S.ClH/c1-2-11-7-8(1)14-5-3-12-9(14)10-13-4-6-15-10;/h3-6,8,11H,1-2,7H2;1H/t8-;/m1./s1. The third-order valence-corrected chi connectivity index (χ3v) is 3.49. The van der Waals surface area contributed by atoms with Crippen molar-refractivity contribution in [2.45, 2.75) is 12.5 Å². The zero-order chi connectivity index (χ0) is 10.1. The molecular weight excluding hydrogens is 244 g/mol. The van der Waals surface area contributed by atoms with E-state index in [4.69, 9.17) is 0 Å². The highest BCUT2D eigenvalue weighted by Gasteiger charge is 2.20. The van der Waals surface area contributed by atoms with Crippen LogP contribution in [-0.2, 0) is 0 Å². The largest absolute Gasteiger partial charge is 0.325 e. The molecule has 1 atom stereocenters. The molecule has 1 aliphatic heterocycles. The second kappa shape index (κ2) is 4.95. The molecule has 4 nitrogen and oxygen atoms in total. The van der Waals surface area contributed by atoms with Gasteiger partial charge in [0.15, 0.2) is 10.8 Å². The Kier molecular flexibility index (Phi) is 3.58. The summed E-state index contributed by atoms with van der Waals surface area (Å²) in [5, 5.41) is 6.36. The summed E-state index contributed by atoms with van der Waals surface area (Å²) in [6.07, 6.45) is 6.91. The van der Waals surface area contributed by atoms with Crippen molar-refractivity contribution in [3.05, 3.63) is 24.0 Å². The SMILES string of the molecule is Cl.c1csc(-c2nccn2[C@@H]2CCNC2)n1. The summed E-state index contributed by atoms with van der Waals surface area (Å²) in [6.45, 7) is 2.13. The van der Waals surface area contributed by atoms with Crippen LogP contribution in [0.4, 0.5) is 0 Å². The highest BCUT2D eigenvalue weighted by Crippen LogP contribution is 2.25. The molecule has 1 saturated heterocycles. The number of aromatic nitrogens is 3. The van der Waals surface area contributed by atoms with E-state index in [0.29, 0.717) is 6.04 Å². The molecule has 0 aliphatic carbocycles. The van der Waals surface area contributed by atoms with Crippen molar-refractivity contribution in [3.63, 3.8) is 0 Å². The van der Waals surface area contributed by atoms with E-state index in [1.807, 2.05) is 17.8 Å². The molecule has 86 valence electrons. The predicted octanol–water partition coefficient (Wildman–Crippen LogP) is 1.96. The fourth-order valence-electron chi connectivity index (χ4n) is 1.98. The van der Waals surface area contributed by atoms with Gasteiger partial charge < -0.3 is 9.88 Å². The number of imidazole rings is 1. The van der Waals surface area contributed by atoms with Crippen molar-refractivity contribution in [2.75, 3.05) is 13.1 Å². The van der Waals surface area contributed by atoms with E-state index in [2.05, 4.69) is 26.0 Å². The van der Waals surface area contributed by atoms with Crippen LogP contribution in [0.25, 0.3) is 10.8 Å². The van der Waals surface area contributed by atoms with E-state index in [-0.39, 0.29) is 12.4 Å². The average molecular weight is 257 g/mol. The summed E-state index contributed by atoms with van der Waals surface area (Å²) in [6, 6.07) is 0.534. The molecule has 0 radical (unpaired) electrons. The van der Waals surface area contributed by atoms with Crippen LogP contribution >= 0.6 is 23.7 Å². The van der Waals surface area contributed by atoms with Crippen LogP contribution in [0.3, 0.4) is 0 Å².